The number of benzene rings is 2. The fourth-order valence-electron chi connectivity index (χ4n) is 2.70. The second-order valence-electron chi connectivity index (χ2n) is 4.65. The van der Waals surface area contributed by atoms with E-state index in [4.69, 9.17) is 0 Å². The molecule has 4 rings (SSSR count). The molecule has 2 aliphatic rings. The van der Waals surface area contributed by atoms with Gasteiger partial charge in [-0.25, -0.2) is 0 Å². The fourth-order valence-corrected chi connectivity index (χ4v) is 2.70. The molecule has 0 atom stereocenters. The molecule has 1 heteroatoms. The quantitative estimate of drug-likeness (QED) is 0.677. The molecular weight excluding hydrogens is 220 g/mol. The molecule has 0 radical (unpaired) electrons. The Kier molecular flexibility index (Phi) is 1.76. The SMILES string of the molecule is O=C1C=c2cc3c(cc2-c2ccccc21)=CC=C3. The molecule has 0 fully saturated rings. The van der Waals surface area contributed by atoms with Gasteiger partial charge in [0, 0.05) is 5.56 Å². The van der Waals surface area contributed by atoms with Gasteiger partial charge in [0.1, 0.15) is 0 Å². The lowest BCUT2D eigenvalue weighted by Gasteiger charge is -2.13. The predicted octanol–water partition coefficient (Wildman–Crippen LogP) is 2.14. The van der Waals surface area contributed by atoms with Gasteiger partial charge in [-0.2, -0.15) is 0 Å². The highest BCUT2D eigenvalue weighted by Crippen LogP contribution is 2.24. The first-order valence-corrected chi connectivity index (χ1v) is 6.01. The maximum absolute atomic E-state index is 12.1. The summed E-state index contributed by atoms with van der Waals surface area (Å²) in [7, 11) is 0. The van der Waals surface area contributed by atoms with Crippen molar-refractivity contribution >= 4 is 24.0 Å². The Hall–Kier alpha value is -2.41. The highest BCUT2D eigenvalue weighted by atomic mass is 16.1. The zero-order chi connectivity index (χ0) is 12.1. The molecule has 0 aromatic heterocycles. The molecule has 0 spiro atoms. The molecule has 0 saturated heterocycles. The topological polar surface area (TPSA) is 17.1 Å². The first kappa shape index (κ1) is 9.60. The van der Waals surface area contributed by atoms with Crippen LogP contribution in [0.15, 0.2) is 42.5 Å². The zero-order valence-electron chi connectivity index (χ0n) is 9.68. The Morgan fingerprint density at radius 3 is 2.56 bits per heavy atom. The number of fused-ring (bicyclic) bond motifs is 4. The standard InChI is InChI=1S/C17H10O/c18-17-10-13-8-11-4-3-5-12(11)9-16(13)14-6-1-2-7-15(14)17/h1-10H. The van der Waals surface area contributed by atoms with Gasteiger partial charge < -0.3 is 0 Å². The maximum Gasteiger partial charge on any atom is 0.187 e. The van der Waals surface area contributed by atoms with Gasteiger partial charge in [-0.15, -0.1) is 0 Å². The van der Waals surface area contributed by atoms with Crippen LogP contribution in [0.1, 0.15) is 15.9 Å². The van der Waals surface area contributed by atoms with Crippen molar-refractivity contribution in [2.75, 3.05) is 0 Å². The van der Waals surface area contributed by atoms with Crippen LogP contribution >= 0.6 is 0 Å². The molecular formula is C17H10O. The molecule has 0 unspecified atom stereocenters. The molecule has 2 aromatic carbocycles. The van der Waals surface area contributed by atoms with Crippen LogP contribution in [0.25, 0.3) is 29.4 Å². The van der Waals surface area contributed by atoms with E-state index in [1.165, 1.54) is 10.8 Å². The smallest absolute Gasteiger partial charge is 0.187 e. The summed E-state index contributed by atoms with van der Waals surface area (Å²) in [4.78, 5) is 12.1. The summed E-state index contributed by atoms with van der Waals surface area (Å²) in [5.74, 6) is 0.101. The van der Waals surface area contributed by atoms with Crippen molar-refractivity contribution in [3.8, 4) is 11.1 Å². The monoisotopic (exact) mass is 230 g/mol. The third-order valence-corrected chi connectivity index (χ3v) is 3.58. The average Bonchev–Trinajstić information content (AvgIpc) is 2.84. The van der Waals surface area contributed by atoms with Crippen molar-refractivity contribution < 1.29 is 4.79 Å². The summed E-state index contributed by atoms with van der Waals surface area (Å²) < 4.78 is 0. The number of rotatable bonds is 0. The average molecular weight is 230 g/mol. The minimum atomic E-state index is 0.101. The third-order valence-electron chi connectivity index (χ3n) is 3.58. The summed E-state index contributed by atoms with van der Waals surface area (Å²) in [6.45, 7) is 0. The number of ketones is 1. The third kappa shape index (κ3) is 1.19. The van der Waals surface area contributed by atoms with Gasteiger partial charge in [0.15, 0.2) is 5.78 Å². The van der Waals surface area contributed by atoms with Crippen LogP contribution in [0, 0.1) is 0 Å². The highest BCUT2D eigenvalue weighted by molar-refractivity contribution is 6.22. The minimum Gasteiger partial charge on any atom is -0.289 e. The Bertz CT molecular complexity index is 838. The van der Waals surface area contributed by atoms with E-state index in [0.717, 1.165) is 21.9 Å². The zero-order valence-corrected chi connectivity index (χ0v) is 9.68. The lowest BCUT2D eigenvalue weighted by Crippen LogP contribution is -2.20. The van der Waals surface area contributed by atoms with Crippen LogP contribution in [0.4, 0.5) is 0 Å². The molecule has 0 aliphatic heterocycles. The van der Waals surface area contributed by atoms with Crippen molar-refractivity contribution in [1.29, 1.82) is 0 Å². The molecule has 1 nitrogen and oxygen atoms in total. The number of hydrogen-bond donors (Lipinski definition) is 0. The normalized spacial score (nSPS) is 14.3. The number of Topliss-reactive ketones (excluding diaryl/α,β-unsaturated/α-hetero) is 1. The Morgan fingerprint density at radius 2 is 1.67 bits per heavy atom. The summed E-state index contributed by atoms with van der Waals surface area (Å²) in [5, 5.41) is 2.25. The van der Waals surface area contributed by atoms with Gasteiger partial charge in [0.2, 0.25) is 0 Å². The van der Waals surface area contributed by atoms with Gasteiger partial charge in [-0.05, 0) is 45.3 Å². The van der Waals surface area contributed by atoms with Crippen molar-refractivity contribution in [2.45, 2.75) is 0 Å². The molecule has 2 aromatic rings. The lowest BCUT2D eigenvalue weighted by atomic mass is 9.89. The summed E-state index contributed by atoms with van der Waals surface area (Å²) >= 11 is 0. The van der Waals surface area contributed by atoms with Gasteiger partial charge in [0.05, 0.1) is 0 Å². The number of hydrogen-bond acceptors (Lipinski definition) is 1. The first-order chi connectivity index (χ1) is 8.83. The minimum absolute atomic E-state index is 0.101. The summed E-state index contributed by atoms with van der Waals surface area (Å²) in [5.41, 5.74) is 4.19. The largest absolute Gasteiger partial charge is 0.289 e. The fraction of sp³-hybridized carbons (Fsp3) is 0. The Morgan fingerprint density at radius 1 is 0.833 bits per heavy atom. The molecule has 0 amide bonds. The molecule has 2 aliphatic carbocycles. The number of allylic oxidation sites excluding steroid dienone is 1. The van der Waals surface area contributed by atoms with E-state index >= 15 is 0 Å². The second kappa shape index (κ2) is 3.30. The summed E-state index contributed by atoms with van der Waals surface area (Å²) in [6, 6.07) is 12.1. The van der Waals surface area contributed by atoms with E-state index in [-0.39, 0.29) is 5.78 Å². The molecule has 0 bridgehead atoms. The van der Waals surface area contributed by atoms with Crippen LogP contribution in [0.3, 0.4) is 0 Å². The van der Waals surface area contributed by atoms with Gasteiger partial charge in [-0.1, -0.05) is 42.5 Å². The molecule has 0 heterocycles. The molecule has 84 valence electrons. The van der Waals surface area contributed by atoms with Crippen molar-refractivity contribution in [3.63, 3.8) is 0 Å². The van der Waals surface area contributed by atoms with E-state index in [0.29, 0.717) is 0 Å². The van der Waals surface area contributed by atoms with Gasteiger partial charge >= 0.3 is 0 Å². The van der Waals surface area contributed by atoms with Gasteiger partial charge in [0.25, 0.3) is 0 Å². The second-order valence-corrected chi connectivity index (χ2v) is 4.65. The van der Waals surface area contributed by atoms with Crippen LogP contribution in [-0.4, -0.2) is 5.78 Å². The Balaban J connectivity index is 2.16. The summed E-state index contributed by atoms with van der Waals surface area (Å²) in [6.07, 6.45) is 7.97. The lowest BCUT2D eigenvalue weighted by molar-refractivity contribution is 0.106. The van der Waals surface area contributed by atoms with E-state index in [1.807, 2.05) is 30.3 Å². The van der Waals surface area contributed by atoms with Crippen molar-refractivity contribution in [1.82, 2.24) is 0 Å². The van der Waals surface area contributed by atoms with Crippen LogP contribution in [0.5, 0.6) is 0 Å². The molecule has 0 N–H and O–H groups in total. The Labute approximate surface area is 104 Å². The van der Waals surface area contributed by atoms with E-state index in [9.17, 15) is 4.79 Å². The first-order valence-electron chi connectivity index (χ1n) is 6.01. The molecule has 18 heavy (non-hydrogen) atoms. The van der Waals surface area contributed by atoms with Crippen LogP contribution in [0.2, 0.25) is 0 Å². The molecule has 0 saturated carbocycles. The predicted molar refractivity (Wildman–Crippen MR) is 73.4 cm³/mol. The van der Waals surface area contributed by atoms with Gasteiger partial charge in [-0.3, -0.25) is 4.79 Å². The van der Waals surface area contributed by atoms with Crippen LogP contribution < -0.4 is 10.4 Å². The number of carbonyl (C=O) groups is 1. The van der Waals surface area contributed by atoms with Crippen molar-refractivity contribution in [3.05, 3.63) is 64.0 Å². The van der Waals surface area contributed by atoms with E-state index in [2.05, 4.69) is 24.3 Å². The van der Waals surface area contributed by atoms with E-state index < -0.39 is 0 Å². The number of carbonyl (C=O) groups excluding carboxylic acids is 1. The van der Waals surface area contributed by atoms with E-state index in [1.54, 1.807) is 6.08 Å². The van der Waals surface area contributed by atoms with Crippen molar-refractivity contribution in [2.24, 2.45) is 0 Å². The van der Waals surface area contributed by atoms with Crippen LogP contribution in [-0.2, 0) is 0 Å². The maximum atomic E-state index is 12.1. The highest BCUT2D eigenvalue weighted by Gasteiger charge is 2.17.